The zero-order valence-electron chi connectivity index (χ0n) is 18.1. The van der Waals surface area contributed by atoms with Crippen LogP contribution in [0.15, 0.2) is 29.3 Å². The summed E-state index contributed by atoms with van der Waals surface area (Å²) in [6, 6.07) is 8.82. The zero-order valence-corrected chi connectivity index (χ0v) is 20.4. The Balaban J connectivity index is 0.00000320. The molecule has 2 saturated heterocycles. The van der Waals surface area contributed by atoms with Gasteiger partial charge in [0.25, 0.3) is 0 Å². The van der Waals surface area contributed by atoms with Gasteiger partial charge in [-0.1, -0.05) is 24.3 Å². The molecule has 30 heavy (non-hydrogen) atoms. The molecule has 1 aromatic carbocycles. The Morgan fingerprint density at radius 1 is 1.10 bits per heavy atom. The Morgan fingerprint density at radius 3 is 2.57 bits per heavy atom. The maximum absolute atomic E-state index is 5.74. The molecular weight excluding hydrogens is 495 g/mol. The minimum Gasteiger partial charge on any atom is -0.381 e. The summed E-state index contributed by atoms with van der Waals surface area (Å²) in [7, 11) is 1.80. The lowest BCUT2D eigenvalue weighted by atomic mass is 10.1. The van der Waals surface area contributed by atoms with Crippen LogP contribution in [0.25, 0.3) is 0 Å². The minimum absolute atomic E-state index is 0. The fourth-order valence-corrected chi connectivity index (χ4v) is 3.53. The number of halogens is 1. The number of hydrogen-bond acceptors (Lipinski definition) is 5. The van der Waals surface area contributed by atoms with Crippen molar-refractivity contribution in [2.75, 3.05) is 66.3 Å². The van der Waals surface area contributed by atoms with E-state index < -0.39 is 0 Å². The molecular formula is C22H37IN4O3. The number of rotatable bonds is 10. The Bertz CT molecular complexity index is 603. The van der Waals surface area contributed by atoms with Crippen molar-refractivity contribution in [2.24, 2.45) is 10.9 Å². The quantitative estimate of drug-likeness (QED) is 0.209. The second kappa shape index (κ2) is 15.0. The van der Waals surface area contributed by atoms with Crippen molar-refractivity contribution in [3.63, 3.8) is 0 Å². The van der Waals surface area contributed by atoms with Gasteiger partial charge in [0, 0.05) is 58.9 Å². The molecule has 0 aliphatic carbocycles. The Kier molecular flexibility index (Phi) is 12.6. The van der Waals surface area contributed by atoms with Crippen LogP contribution in [0.5, 0.6) is 0 Å². The zero-order chi connectivity index (χ0) is 20.2. The molecule has 2 N–H and O–H groups in total. The van der Waals surface area contributed by atoms with Crippen LogP contribution in [0.3, 0.4) is 0 Å². The summed E-state index contributed by atoms with van der Waals surface area (Å²) >= 11 is 0. The first kappa shape index (κ1) is 25.3. The van der Waals surface area contributed by atoms with Gasteiger partial charge in [0.1, 0.15) is 0 Å². The van der Waals surface area contributed by atoms with Gasteiger partial charge in [0.05, 0.1) is 26.4 Å². The lowest BCUT2D eigenvalue weighted by Gasteiger charge is -2.26. The summed E-state index contributed by atoms with van der Waals surface area (Å²) < 4.78 is 16.5. The number of nitrogens with one attached hydrogen (secondary N) is 2. The molecule has 0 bridgehead atoms. The van der Waals surface area contributed by atoms with Crippen LogP contribution < -0.4 is 10.6 Å². The van der Waals surface area contributed by atoms with E-state index >= 15 is 0 Å². The second-order valence-electron chi connectivity index (χ2n) is 7.72. The molecule has 0 spiro atoms. The summed E-state index contributed by atoms with van der Waals surface area (Å²) in [6.45, 7) is 9.64. The van der Waals surface area contributed by atoms with Crippen LogP contribution in [-0.2, 0) is 27.3 Å². The van der Waals surface area contributed by atoms with Gasteiger partial charge in [-0.15, -0.1) is 24.0 Å². The monoisotopic (exact) mass is 532 g/mol. The fourth-order valence-electron chi connectivity index (χ4n) is 3.53. The highest BCUT2D eigenvalue weighted by atomic mass is 127. The van der Waals surface area contributed by atoms with Gasteiger partial charge in [0.2, 0.25) is 0 Å². The van der Waals surface area contributed by atoms with Crippen molar-refractivity contribution in [3.8, 4) is 0 Å². The molecule has 2 fully saturated rings. The highest BCUT2D eigenvalue weighted by Gasteiger charge is 2.15. The average Bonchev–Trinajstić information content (AvgIpc) is 3.28. The molecule has 1 aromatic rings. The minimum atomic E-state index is 0. The molecule has 3 rings (SSSR count). The van der Waals surface area contributed by atoms with Crippen LogP contribution in [-0.4, -0.2) is 77.2 Å². The number of benzene rings is 1. The molecule has 2 heterocycles. The van der Waals surface area contributed by atoms with E-state index in [9.17, 15) is 0 Å². The van der Waals surface area contributed by atoms with Crippen molar-refractivity contribution in [1.82, 2.24) is 15.5 Å². The van der Waals surface area contributed by atoms with Crippen LogP contribution in [0.4, 0.5) is 0 Å². The van der Waals surface area contributed by atoms with E-state index in [4.69, 9.17) is 14.2 Å². The molecule has 0 aromatic heterocycles. The van der Waals surface area contributed by atoms with Crippen LogP contribution in [0, 0.1) is 5.92 Å². The third-order valence-corrected chi connectivity index (χ3v) is 5.35. The Morgan fingerprint density at radius 2 is 1.87 bits per heavy atom. The number of ether oxygens (including phenoxy) is 3. The lowest BCUT2D eigenvalue weighted by molar-refractivity contribution is 0.0342. The van der Waals surface area contributed by atoms with Crippen LogP contribution in [0.1, 0.15) is 24.0 Å². The largest absolute Gasteiger partial charge is 0.381 e. The molecule has 2 aliphatic rings. The fraction of sp³-hybridized carbons (Fsp3) is 0.682. The van der Waals surface area contributed by atoms with Crippen molar-refractivity contribution < 1.29 is 14.2 Å². The first-order valence-corrected chi connectivity index (χ1v) is 10.8. The van der Waals surface area contributed by atoms with E-state index in [1.807, 2.05) is 0 Å². The highest BCUT2D eigenvalue weighted by molar-refractivity contribution is 14.0. The van der Waals surface area contributed by atoms with E-state index in [0.29, 0.717) is 5.92 Å². The Hall–Kier alpha value is -0.940. The summed E-state index contributed by atoms with van der Waals surface area (Å²) in [6.07, 6.45) is 2.09. The Labute approximate surface area is 197 Å². The predicted octanol–water partition coefficient (Wildman–Crippen LogP) is 2.25. The molecule has 8 heteroatoms. The normalized spacial score (nSPS) is 20.0. The van der Waals surface area contributed by atoms with Crippen molar-refractivity contribution in [3.05, 3.63) is 35.4 Å². The topological polar surface area (TPSA) is 67.4 Å². The van der Waals surface area contributed by atoms with Gasteiger partial charge >= 0.3 is 0 Å². The number of aliphatic imine (C=N–C) groups is 1. The molecule has 7 nitrogen and oxygen atoms in total. The van der Waals surface area contributed by atoms with Gasteiger partial charge in [-0.2, -0.15) is 0 Å². The number of hydrogen-bond donors (Lipinski definition) is 2. The molecule has 1 unspecified atom stereocenters. The average molecular weight is 532 g/mol. The molecule has 0 amide bonds. The summed E-state index contributed by atoms with van der Waals surface area (Å²) in [5, 5.41) is 6.73. The van der Waals surface area contributed by atoms with Gasteiger partial charge in [-0.25, -0.2) is 0 Å². The maximum Gasteiger partial charge on any atom is 0.191 e. The van der Waals surface area contributed by atoms with E-state index in [-0.39, 0.29) is 24.0 Å². The van der Waals surface area contributed by atoms with Gasteiger partial charge in [-0.05, 0) is 24.0 Å². The van der Waals surface area contributed by atoms with Crippen LogP contribution >= 0.6 is 24.0 Å². The number of morpholine rings is 1. The van der Waals surface area contributed by atoms with Gasteiger partial charge in [0.15, 0.2) is 5.96 Å². The number of nitrogens with zero attached hydrogens (tertiary/aromatic N) is 2. The second-order valence-corrected chi connectivity index (χ2v) is 7.72. The van der Waals surface area contributed by atoms with E-state index in [1.54, 1.807) is 7.05 Å². The third-order valence-electron chi connectivity index (χ3n) is 5.35. The summed E-state index contributed by atoms with van der Waals surface area (Å²) in [5.41, 5.74) is 2.60. The number of guanidine groups is 1. The maximum atomic E-state index is 5.74. The predicted molar refractivity (Wildman–Crippen MR) is 131 cm³/mol. The third kappa shape index (κ3) is 9.47. The molecule has 0 radical (unpaired) electrons. The molecule has 170 valence electrons. The molecule has 1 atom stereocenters. The van der Waals surface area contributed by atoms with Gasteiger partial charge < -0.3 is 24.8 Å². The van der Waals surface area contributed by atoms with Gasteiger partial charge in [-0.3, -0.25) is 9.89 Å². The van der Waals surface area contributed by atoms with E-state index in [0.717, 1.165) is 91.2 Å². The summed E-state index contributed by atoms with van der Waals surface area (Å²) in [5.74, 6) is 1.41. The first-order chi connectivity index (χ1) is 14.3. The summed E-state index contributed by atoms with van der Waals surface area (Å²) in [4.78, 5) is 6.74. The SMILES string of the molecule is CN=C(NCCCOCC1CCOC1)NCc1ccc(CN2CCOCC2)cc1.I. The molecule has 0 saturated carbocycles. The smallest absolute Gasteiger partial charge is 0.191 e. The van der Waals surface area contributed by atoms with Crippen molar-refractivity contribution in [2.45, 2.75) is 25.9 Å². The van der Waals surface area contributed by atoms with Crippen LogP contribution in [0.2, 0.25) is 0 Å². The highest BCUT2D eigenvalue weighted by Crippen LogP contribution is 2.12. The first-order valence-electron chi connectivity index (χ1n) is 10.8. The standard InChI is InChI=1S/C22H36N4O3.HI/c1-23-22(24-8-2-11-28-17-21-7-12-29-18-21)25-15-19-3-5-20(6-4-19)16-26-9-13-27-14-10-26;/h3-6,21H,2,7-18H2,1H3,(H2,23,24,25);1H. The van der Waals surface area contributed by atoms with Crippen molar-refractivity contribution in [1.29, 1.82) is 0 Å². The lowest BCUT2D eigenvalue weighted by Crippen LogP contribution is -2.37. The molecule has 2 aliphatic heterocycles. The van der Waals surface area contributed by atoms with E-state index in [1.165, 1.54) is 11.1 Å². The van der Waals surface area contributed by atoms with E-state index in [2.05, 4.69) is 44.8 Å². The van der Waals surface area contributed by atoms with Crippen molar-refractivity contribution >= 4 is 29.9 Å².